The number of ether oxygens (including phenoxy) is 1. The average molecular weight is 275 g/mol. The first kappa shape index (κ1) is 14.2. The zero-order valence-electron chi connectivity index (χ0n) is 10.1. The fraction of sp³-hybridized carbons (Fsp3) is 0.400. The molecule has 18 heavy (non-hydrogen) atoms. The summed E-state index contributed by atoms with van der Waals surface area (Å²) in [6.45, 7) is 5.12. The van der Waals surface area contributed by atoms with Crippen LogP contribution in [0, 0.1) is 10.4 Å². The maximum absolute atomic E-state index is 11.5. The molecule has 0 bridgehead atoms. The molecule has 1 heterocycles. The van der Waals surface area contributed by atoms with Gasteiger partial charge in [0.2, 0.25) is 5.36 Å². The summed E-state index contributed by atoms with van der Waals surface area (Å²) in [6, 6.07) is 2.29. The van der Waals surface area contributed by atoms with Gasteiger partial charge in [-0.15, -0.1) is 0 Å². The van der Waals surface area contributed by atoms with Gasteiger partial charge in [0.1, 0.15) is 16.6 Å². The van der Waals surface area contributed by atoms with Crippen LogP contribution in [-0.4, -0.2) is 16.7 Å². The van der Waals surface area contributed by atoms with Crippen molar-refractivity contribution in [3.05, 3.63) is 33.1 Å². The Labute approximate surface area is 108 Å². The van der Waals surface area contributed by atoms with Crippen molar-refractivity contribution in [1.29, 1.82) is 0 Å². The Bertz CT molecular complexity index is 515. The highest BCUT2D eigenvalue weighted by molar-refractivity contribution is 6.29. The number of halogens is 1. The quantitative estimate of drug-likeness (QED) is 0.602. The molecule has 100 valence electrons. The van der Waals surface area contributed by atoms with Crippen LogP contribution in [0.15, 0.2) is 12.1 Å². The SMILES string of the molecule is CC(C)(C)OC(=O)Nc1cc(=[N+]([O-])[O-])cc(Cl)[nH]1. The van der Waals surface area contributed by atoms with Crippen molar-refractivity contribution in [2.45, 2.75) is 26.4 Å². The zero-order chi connectivity index (χ0) is 13.9. The number of nitrogens with zero attached hydrogens (tertiary/aromatic N) is 1. The summed E-state index contributed by atoms with van der Waals surface area (Å²) >= 11 is 5.66. The third kappa shape index (κ3) is 4.54. The molecule has 1 rings (SSSR count). The lowest BCUT2D eigenvalue weighted by atomic mass is 10.2. The minimum absolute atomic E-state index is 0.0373. The monoisotopic (exact) mass is 274 g/mol. The molecule has 0 unspecified atom stereocenters. The summed E-state index contributed by atoms with van der Waals surface area (Å²) in [5, 5.41) is 23.4. The Hall–Kier alpha value is -1.89. The van der Waals surface area contributed by atoms with Gasteiger partial charge in [-0.2, -0.15) is 4.90 Å². The summed E-state index contributed by atoms with van der Waals surface area (Å²) < 4.78 is 5.00. The molecule has 1 aromatic rings. The van der Waals surface area contributed by atoms with Crippen molar-refractivity contribution in [1.82, 2.24) is 9.89 Å². The van der Waals surface area contributed by atoms with Crippen LogP contribution < -0.4 is 15.6 Å². The first-order valence-electron chi connectivity index (χ1n) is 5.04. The predicted octanol–water partition coefficient (Wildman–Crippen LogP) is 1.78. The third-order valence-corrected chi connectivity index (χ3v) is 1.87. The molecule has 0 fully saturated rings. The molecular formula is C10H13ClN3O4-. The summed E-state index contributed by atoms with van der Waals surface area (Å²) in [7, 11) is 0. The molecule has 0 aliphatic heterocycles. The van der Waals surface area contributed by atoms with Crippen LogP contribution in [0.3, 0.4) is 0 Å². The maximum atomic E-state index is 11.5. The van der Waals surface area contributed by atoms with Crippen molar-refractivity contribution in [3.63, 3.8) is 0 Å². The summed E-state index contributed by atoms with van der Waals surface area (Å²) in [5.41, 5.74) is -0.658. The second-order valence-corrected chi connectivity index (χ2v) is 4.89. The normalized spacial score (nSPS) is 10.9. The molecule has 0 aliphatic carbocycles. The molecule has 1 amide bonds. The molecule has 0 spiro atoms. The van der Waals surface area contributed by atoms with E-state index in [1.165, 1.54) is 0 Å². The molecule has 8 heteroatoms. The zero-order valence-corrected chi connectivity index (χ0v) is 10.9. The second kappa shape index (κ2) is 5.18. The van der Waals surface area contributed by atoms with Crippen LogP contribution in [-0.2, 0) is 4.74 Å². The van der Waals surface area contributed by atoms with Crippen LogP contribution in [0.1, 0.15) is 20.8 Å². The van der Waals surface area contributed by atoms with Crippen LogP contribution in [0.4, 0.5) is 10.6 Å². The predicted molar refractivity (Wildman–Crippen MR) is 67.7 cm³/mol. The van der Waals surface area contributed by atoms with Gasteiger partial charge in [-0.3, -0.25) is 5.32 Å². The fourth-order valence-corrected chi connectivity index (χ4v) is 1.32. The Kier molecular flexibility index (Phi) is 4.07. The van der Waals surface area contributed by atoms with E-state index in [1.54, 1.807) is 20.8 Å². The van der Waals surface area contributed by atoms with E-state index < -0.39 is 16.6 Å². The molecule has 2 N–H and O–H groups in total. The number of amides is 1. The van der Waals surface area contributed by atoms with E-state index in [2.05, 4.69) is 10.3 Å². The number of hydrogen-bond donors (Lipinski definition) is 2. The number of aromatic amines is 1. The van der Waals surface area contributed by atoms with E-state index in [9.17, 15) is 15.2 Å². The maximum Gasteiger partial charge on any atom is 0.413 e. The Balaban J connectivity index is 2.93. The average Bonchev–Trinajstić information content (AvgIpc) is 2.12. The Morgan fingerprint density at radius 3 is 2.56 bits per heavy atom. The van der Waals surface area contributed by atoms with Gasteiger partial charge < -0.3 is 20.1 Å². The first-order valence-corrected chi connectivity index (χ1v) is 5.42. The van der Waals surface area contributed by atoms with Gasteiger partial charge in [-0.25, -0.2) is 4.79 Å². The van der Waals surface area contributed by atoms with Crippen molar-refractivity contribution in [2.24, 2.45) is 0 Å². The van der Waals surface area contributed by atoms with Crippen LogP contribution in [0.25, 0.3) is 0 Å². The van der Waals surface area contributed by atoms with Gasteiger partial charge in [-0.1, -0.05) is 11.6 Å². The number of rotatable bonds is 1. The second-order valence-electron chi connectivity index (χ2n) is 4.48. The lowest BCUT2D eigenvalue weighted by Crippen LogP contribution is -2.28. The molecule has 0 saturated carbocycles. The molecule has 0 radical (unpaired) electrons. The summed E-state index contributed by atoms with van der Waals surface area (Å²) in [6.07, 6.45) is -0.727. The number of pyridine rings is 1. The highest BCUT2D eigenvalue weighted by atomic mass is 35.5. The third-order valence-electron chi connectivity index (χ3n) is 1.67. The molecule has 0 aliphatic rings. The first-order chi connectivity index (χ1) is 8.17. The van der Waals surface area contributed by atoms with Crippen LogP contribution in [0.2, 0.25) is 5.15 Å². The van der Waals surface area contributed by atoms with Crippen molar-refractivity contribution >= 4 is 23.5 Å². The molecule has 0 aromatic carbocycles. The molecule has 7 nitrogen and oxygen atoms in total. The van der Waals surface area contributed by atoms with Gasteiger partial charge in [0.05, 0.1) is 6.07 Å². The molecular weight excluding hydrogens is 262 g/mol. The van der Waals surface area contributed by atoms with Crippen LogP contribution >= 0.6 is 11.6 Å². The Morgan fingerprint density at radius 2 is 2.06 bits per heavy atom. The summed E-state index contributed by atoms with van der Waals surface area (Å²) in [5.74, 6) is 0.0865. The van der Waals surface area contributed by atoms with Gasteiger partial charge >= 0.3 is 6.09 Å². The fourth-order valence-electron chi connectivity index (χ4n) is 1.11. The smallest absolute Gasteiger partial charge is 0.413 e. The highest BCUT2D eigenvalue weighted by Crippen LogP contribution is 2.10. The van der Waals surface area contributed by atoms with Crippen molar-refractivity contribution in [2.75, 3.05) is 5.32 Å². The highest BCUT2D eigenvalue weighted by Gasteiger charge is 2.16. The lowest BCUT2D eigenvalue weighted by molar-refractivity contribution is 0.0635. The standard InChI is InChI=1S/C10H13ClN3O4/c1-10(2,3)18-9(15)13-8-5-6(14(16)17)4-7(11)12-8/h4-5,12H,1-3H3,(H-,13,15,16,17)/q-1. The summed E-state index contributed by atoms with van der Waals surface area (Å²) in [4.78, 5) is 13.4. The number of carbonyl (C=O) groups excluding carboxylic acids is 1. The molecule has 1 aromatic heterocycles. The number of carbonyl (C=O) groups is 1. The molecule has 0 saturated heterocycles. The molecule has 0 atom stereocenters. The van der Waals surface area contributed by atoms with E-state index in [-0.39, 0.29) is 16.3 Å². The number of nitrogens with one attached hydrogen (secondary N) is 2. The Morgan fingerprint density at radius 1 is 1.44 bits per heavy atom. The lowest BCUT2D eigenvalue weighted by Gasteiger charge is -2.19. The van der Waals surface area contributed by atoms with Gasteiger partial charge in [0.25, 0.3) is 0 Å². The van der Waals surface area contributed by atoms with Gasteiger partial charge in [0, 0.05) is 6.07 Å². The van der Waals surface area contributed by atoms with Gasteiger partial charge in [0.15, 0.2) is 0 Å². The van der Waals surface area contributed by atoms with Crippen LogP contribution in [0.5, 0.6) is 0 Å². The minimum Gasteiger partial charge on any atom is -0.612 e. The topological polar surface area (TPSA) is 103 Å². The number of aromatic nitrogens is 1. The van der Waals surface area contributed by atoms with Crippen molar-refractivity contribution in [3.8, 4) is 0 Å². The van der Waals surface area contributed by atoms with E-state index in [4.69, 9.17) is 16.3 Å². The number of H-pyrrole nitrogens is 1. The van der Waals surface area contributed by atoms with Gasteiger partial charge in [-0.05, 0) is 20.8 Å². The van der Waals surface area contributed by atoms with Crippen molar-refractivity contribution < 1.29 is 9.53 Å². The van der Waals surface area contributed by atoms with E-state index in [1.807, 2.05) is 0 Å². The largest absolute Gasteiger partial charge is 0.612 e. The minimum atomic E-state index is -0.727. The number of hydrogen-bond acceptors (Lipinski definition) is 4. The van der Waals surface area contributed by atoms with E-state index >= 15 is 0 Å². The van der Waals surface area contributed by atoms with E-state index in [0.717, 1.165) is 12.1 Å². The van der Waals surface area contributed by atoms with E-state index in [0.29, 0.717) is 0 Å². The number of anilines is 1.